The zero-order valence-corrected chi connectivity index (χ0v) is 6.28. The molecule has 0 saturated carbocycles. The van der Waals surface area contributed by atoms with Gasteiger partial charge in [0.15, 0.2) is 0 Å². The van der Waals surface area contributed by atoms with Crippen LogP contribution in [0.2, 0.25) is 0 Å². The summed E-state index contributed by atoms with van der Waals surface area (Å²) in [6.45, 7) is 7.43. The molecule has 50 valence electrons. The smallest absolute Gasteiger partial charge is 0.0360 e. The van der Waals surface area contributed by atoms with E-state index in [9.17, 15) is 0 Å². The molecule has 0 radical (unpaired) electrons. The lowest BCUT2D eigenvalue weighted by Gasteiger charge is -2.14. The number of allylic oxidation sites excluding steroid dienone is 3. The zero-order chi connectivity index (χ0) is 6.85. The van der Waals surface area contributed by atoms with Gasteiger partial charge in [0, 0.05) is 12.2 Å². The van der Waals surface area contributed by atoms with Crippen LogP contribution in [0.3, 0.4) is 0 Å². The second-order valence-corrected chi connectivity index (χ2v) is 2.64. The van der Waals surface area contributed by atoms with Gasteiger partial charge in [-0.2, -0.15) is 0 Å². The van der Waals surface area contributed by atoms with Crippen LogP contribution in [0.1, 0.15) is 20.8 Å². The van der Waals surface area contributed by atoms with E-state index in [0.717, 1.165) is 6.54 Å². The lowest BCUT2D eigenvalue weighted by molar-refractivity contribution is 0.839. The van der Waals surface area contributed by atoms with E-state index in [4.69, 9.17) is 0 Å². The fraction of sp³-hybridized carbons (Fsp3) is 0.500. The van der Waals surface area contributed by atoms with Crippen molar-refractivity contribution in [3.05, 3.63) is 22.9 Å². The second kappa shape index (κ2) is 2.26. The van der Waals surface area contributed by atoms with Crippen molar-refractivity contribution < 1.29 is 0 Å². The predicted molar refractivity (Wildman–Crippen MR) is 40.1 cm³/mol. The van der Waals surface area contributed by atoms with Crippen molar-refractivity contribution in [1.82, 2.24) is 5.32 Å². The van der Waals surface area contributed by atoms with E-state index >= 15 is 0 Å². The molecule has 0 unspecified atom stereocenters. The highest BCUT2D eigenvalue weighted by Gasteiger charge is 2.00. The molecule has 0 amide bonds. The highest BCUT2D eigenvalue weighted by atomic mass is 14.9. The lowest BCUT2D eigenvalue weighted by atomic mass is 10.1. The maximum Gasteiger partial charge on any atom is 0.0360 e. The van der Waals surface area contributed by atoms with E-state index in [2.05, 4.69) is 32.2 Å². The van der Waals surface area contributed by atoms with Crippen LogP contribution in [0.15, 0.2) is 22.9 Å². The fourth-order valence-corrected chi connectivity index (χ4v) is 0.910. The molecule has 0 bridgehead atoms. The molecule has 0 saturated heterocycles. The van der Waals surface area contributed by atoms with E-state index < -0.39 is 0 Å². The van der Waals surface area contributed by atoms with E-state index in [0.29, 0.717) is 0 Å². The highest BCUT2D eigenvalue weighted by molar-refractivity contribution is 5.29. The summed E-state index contributed by atoms with van der Waals surface area (Å²) in [6.07, 6.45) is 2.18. The van der Waals surface area contributed by atoms with Crippen molar-refractivity contribution in [2.45, 2.75) is 20.8 Å². The SMILES string of the molecule is CC1=CC(C)=C(C)CN1. The molecule has 0 aliphatic carbocycles. The van der Waals surface area contributed by atoms with Crippen LogP contribution in [-0.2, 0) is 0 Å². The average Bonchev–Trinajstić information content (AvgIpc) is 1.80. The molecule has 1 aliphatic rings. The molecule has 1 heteroatoms. The van der Waals surface area contributed by atoms with E-state index in [1.54, 1.807) is 0 Å². The van der Waals surface area contributed by atoms with Crippen molar-refractivity contribution >= 4 is 0 Å². The van der Waals surface area contributed by atoms with Gasteiger partial charge in [-0.15, -0.1) is 0 Å². The highest BCUT2D eigenvalue weighted by Crippen LogP contribution is 2.10. The summed E-state index contributed by atoms with van der Waals surface area (Å²) in [6, 6.07) is 0. The molecular weight excluding hydrogens is 110 g/mol. The third kappa shape index (κ3) is 1.35. The van der Waals surface area contributed by atoms with Gasteiger partial charge in [0.1, 0.15) is 0 Å². The average molecular weight is 123 g/mol. The van der Waals surface area contributed by atoms with Crippen molar-refractivity contribution in [2.75, 3.05) is 6.54 Å². The number of hydrogen-bond acceptors (Lipinski definition) is 1. The first-order valence-electron chi connectivity index (χ1n) is 3.28. The van der Waals surface area contributed by atoms with Gasteiger partial charge in [0.2, 0.25) is 0 Å². The minimum Gasteiger partial charge on any atom is -0.385 e. The van der Waals surface area contributed by atoms with Crippen LogP contribution in [0, 0.1) is 0 Å². The Morgan fingerprint density at radius 2 is 2.00 bits per heavy atom. The minimum atomic E-state index is 1.02. The van der Waals surface area contributed by atoms with Crippen LogP contribution in [0.25, 0.3) is 0 Å². The number of nitrogens with one attached hydrogen (secondary N) is 1. The topological polar surface area (TPSA) is 12.0 Å². The summed E-state index contributed by atoms with van der Waals surface area (Å²) >= 11 is 0. The molecule has 0 aromatic heterocycles. The molecule has 1 rings (SSSR count). The van der Waals surface area contributed by atoms with Crippen LogP contribution in [0.4, 0.5) is 0 Å². The van der Waals surface area contributed by atoms with Gasteiger partial charge in [-0.25, -0.2) is 0 Å². The Morgan fingerprint density at radius 1 is 1.33 bits per heavy atom. The first-order chi connectivity index (χ1) is 4.20. The molecule has 1 N–H and O–H groups in total. The Labute approximate surface area is 56.5 Å². The largest absolute Gasteiger partial charge is 0.385 e. The first kappa shape index (κ1) is 6.40. The molecule has 0 aromatic rings. The maximum absolute atomic E-state index is 3.27. The summed E-state index contributed by atoms with van der Waals surface area (Å²) in [4.78, 5) is 0. The van der Waals surface area contributed by atoms with Crippen molar-refractivity contribution in [3.63, 3.8) is 0 Å². The van der Waals surface area contributed by atoms with Gasteiger partial charge in [-0.1, -0.05) is 5.57 Å². The maximum atomic E-state index is 3.27. The fourth-order valence-electron chi connectivity index (χ4n) is 0.910. The summed E-state index contributed by atoms with van der Waals surface area (Å²) in [5.41, 5.74) is 4.13. The molecule has 1 aliphatic heterocycles. The predicted octanol–water partition coefficient (Wildman–Crippen LogP) is 1.83. The Bertz CT molecular complexity index is 175. The van der Waals surface area contributed by atoms with Crippen molar-refractivity contribution in [1.29, 1.82) is 0 Å². The van der Waals surface area contributed by atoms with Gasteiger partial charge >= 0.3 is 0 Å². The van der Waals surface area contributed by atoms with Gasteiger partial charge in [-0.3, -0.25) is 0 Å². The second-order valence-electron chi connectivity index (χ2n) is 2.64. The van der Waals surface area contributed by atoms with Crippen LogP contribution < -0.4 is 5.32 Å². The summed E-state index contributed by atoms with van der Waals surface area (Å²) in [5.74, 6) is 0. The standard InChI is InChI=1S/C8H13N/c1-6-4-8(3)9-5-7(6)2/h4,9H,5H2,1-3H3. The number of hydrogen-bond donors (Lipinski definition) is 1. The number of dihydropyridines is 1. The van der Waals surface area contributed by atoms with Gasteiger partial charge < -0.3 is 5.32 Å². The Hall–Kier alpha value is -0.720. The minimum absolute atomic E-state index is 1.02. The Kier molecular flexibility index (Phi) is 1.60. The third-order valence-corrected chi connectivity index (χ3v) is 1.74. The number of rotatable bonds is 0. The molecule has 0 spiro atoms. The molecule has 0 atom stereocenters. The molecule has 0 aromatic carbocycles. The summed E-state index contributed by atoms with van der Waals surface area (Å²) in [7, 11) is 0. The van der Waals surface area contributed by atoms with E-state index in [-0.39, 0.29) is 0 Å². The normalized spacial score (nSPS) is 19.2. The van der Waals surface area contributed by atoms with Crippen molar-refractivity contribution in [2.24, 2.45) is 0 Å². The molecular formula is C8H13N. The quantitative estimate of drug-likeness (QED) is 0.518. The summed E-state index contributed by atoms with van der Waals surface area (Å²) in [5, 5.41) is 3.27. The van der Waals surface area contributed by atoms with Gasteiger partial charge in [0.05, 0.1) is 0 Å². The van der Waals surface area contributed by atoms with E-state index in [1.165, 1.54) is 16.8 Å². The summed E-state index contributed by atoms with van der Waals surface area (Å²) < 4.78 is 0. The Balaban J connectivity index is 2.83. The monoisotopic (exact) mass is 123 g/mol. The van der Waals surface area contributed by atoms with Gasteiger partial charge in [0.25, 0.3) is 0 Å². The van der Waals surface area contributed by atoms with Crippen LogP contribution in [-0.4, -0.2) is 6.54 Å². The van der Waals surface area contributed by atoms with Crippen LogP contribution in [0.5, 0.6) is 0 Å². The zero-order valence-electron chi connectivity index (χ0n) is 6.28. The van der Waals surface area contributed by atoms with Crippen LogP contribution >= 0.6 is 0 Å². The van der Waals surface area contributed by atoms with Gasteiger partial charge in [-0.05, 0) is 32.4 Å². The lowest BCUT2D eigenvalue weighted by Crippen LogP contribution is -2.17. The molecule has 0 fully saturated rings. The van der Waals surface area contributed by atoms with E-state index in [1.807, 2.05) is 0 Å². The Morgan fingerprint density at radius 3 is 2.44 bits per heavy atom. The molecule has 1 heterocycles. The third-order valence-electron chi connectivity index (χ3n) is 1.74. The first-order valence-corrected chi connectivity index (χ1v) is 3.28. The molecule has 1 nitrogen and oxygen atoms in total. The molecule has 9 heavy (non-hydrogen) atoms. The van der Waals surface area contributed by atoms with Crippen molar-refractivity contribution in [3.8, 4) is 0 Å².